The fourth-order valence-corrected chi connectivity index (χ4v) is 6.93. The van der Waals surface area contributed by atoms with E-state index < -0.39 is 0 Å². The number of rotatable bonds is 7. The van der Waals surface area contributed by atoms with E-state index in [2.05, 4.69) is 15.5 Å². The molecule has 7 rings (SSSR count). The molecule has 2 saturated heterocycles. The van der Waals surface area contributed by atoms with Crippen LogP contribution in [0.5, 0.6) is 0 Å². The van der Waals surface area contributed by atoms with Crippen LogP contribution in [0.3, 0.4) is 0 Å². The maximum absolute atomic E-state index is 13.4. The zero-order valence-electron chi connectivity index (χ0n) is 22.4. The smallest absolute Gasteiger partial charge is 0.322 e. The number of benzene rings is 2. The van der Waals surface area contributed by atoms with Crippen LogP contribution in [0.2, 0.25) is 10.0 Å². The summed E-state index contributed by atoms with van der Waals surface area (Å²) in [7, 11) is 0. The van der Waals surface area contributed by atoms with Crippen molar-refractivity contribution in [1.29, 1.82) is 0 Å². The number of piperidine rings is 1. The number of anilines is 1. The van der Waals surface area contributed by atoms with Crippen molar-refractivity contribution >= 4 is 34.9 Å². The number of amides is 2. The zero-order chi connectivity index (χ0) is 27.9. The van der Waals surface area contributed by atoms with Gasteiger partial charge >= 0.3 is 6.03 Å². The Morgan fingerprint density at radius 2 is 1.66 bits per heavy atom. The first kappa shape index (κ1) is 26.5. The van der Waals surface area contributed by atoms with Gasteiger partial charge in [0.25, 0.3) is 0 Å². The number of pyridine rings is 1. The average molecular weight is 590 g/mol. The molecule has 4 heterocycles. The summed E-state index contributed by atoms with van der Waals surface area (Å²) in [6.07, 6.45) is 9.32. The largest absolute Gasteiger partial charge is 0.373 e. The first-order valence-electron chi connectivity index (χ1n) is 14.2. The van der Waals surface area contributed by atoms with Crippen LogP contribution in [0.1, 0.15) is 55.8 Å². The molecule has 41 heavy (non-hydrogen) atoms. The summed E-state index contributed by atoms with van der Waals surface area (Å²) in [5.74, 6) is 1.25. The van der Waals surface area contributed by atoms with Crippen molar-refractivity contribution in [3.05, 3.63) is 88.4 Å². The highest BCUT2D eigenvalue weighted by atomic mass is 35.5. The second kappa shape index (κ2) is 11.1. The van der Waals surface area contributed by atoms with Crippen LogP contribution in [0.25, 0.3) is 22.4 Å². The third-order valence-electron chi connectivity index (χ3n) is 8.48. The van der Waals surface area contributed by atoms with Crippen LogP contribution in [0.4, 0.5) is 10.5 Å². The van der Waals surface area contributed by atoms with Crippen molar-refractivity contribution in [2.45, 2.75) is 69.2 Å². The van der Waals surface area contributed by atoms with Gasteiger partial charge in [0.15, 0.2) is 0 Å². The Hall–Kier alpha value is -3.39. The minimum atomic E-state index is -0.0477. The molecule has 3 fully saturated rings. The van der Waals surface area contributed by atoms with Gasteiger partial charge in [0.2, 0.25) is 0 Å². The Labute approximate surface area is 248 Å². The predicted octanol–water partition coefficient (Wildman–Crippen LogP) is 8.33. The standard InChI is InChI=1S/C32H30Cl2N4O3/c33-27-5-2-6-28(34)29(27)30-26(31(41-37-30)20-7-8-20)18-40-25-16-23-9-10-24(17-25)38(23)32(39)36-22-4-1-3-21(15-22)19-11-13-35-14-12-19/h1-6,11-15,20,23-25H,7-10,16-18H2,(H,36,39). The third-order valence-corrected chi connectivity index (χ3v) is 9.11. The summed E-state index contributed by atoms with van der Waals surface area (Å²) in [5, 5.41) is 8.61. The lowest BCUT2D eigenvalue weighted by atomic mass is 9.99. The molecule has 0 spiro atoms. The minimum Gasteiger partial charge on any atom is -0.373 e. The molecule has 9 heteroatoms. The molecule has 3 aliphatic rings. The number of hydrogen-bond acceptors (Lipinski definition) is 5. The lowest BCUT2D eigenvalue weighted by molar-refractivity contribution is -0.0158. The Bertz CT molecular complexity index is 1540. The van der Waals surface area contributed by atoms with Crippen LogP contribution in [0, 0.1) is 0 Å². The molecule has 2 aromatic heterocycles. The molecule has 2 aromatic carbocycles. The van der Waals surface area contributed by atoms with Gasteiger partial charge in [-0.2, -0.15) is 0 Å². The van der Waals surface area contributed by atoms with Crippen LogP contribution in [-0.2, 0) is 11.3 Å². The highest BCUT2D eigenvalue weighted by Crippen LogP contribution is 2.46. The molecular formula is C32H30Cl2N4O3. The minimum absolute atomic E-state index is 0.0445. The number of carbonyl (C=O) groups excluding carboxylic acids is 1. The molecule has 4 aromatic rings. The average Bonchev–Trinajstić information content (AvgIpc) is 3.68. The topological polar surface area (TPSA) is 80.5 Å². The summed E-state index contributed by atoms with van der Waals surface area (Å²) >= 11 is 13.1. The Kier molecular flexibility index (Phi) is 7.19. The van der Waals surface area contributed by atoms with E-state index in [1.165, 1.54) is 0 Å². The van der Waals surface area contributed by atoms with Crippen LogP contribution >= 0.6 is 23.2 Å². The Morgan fingerprint density at radius 1 is 0.951 bits per heavy atom. The molecule has 1 saturated carbocycles. The van der Waals surface area contributed by atoms with E-state index in [0.717, 1.165) is 66.7 Å². The molecule has 2 amide bonds. The van der Waals surface area contributed by atoms with Crippen LogP contribution in [-0.4, -0.2) is 39.3 Å². The van der Waals surface area contributed by atoms with Crippen molar-refractivity contribution in [1.82, 2.24) is 15.0 Å². The van der Waals surface area contributed by atoms with Gasteiger partial charge in [-0.05, 0) is 86.1 Å². The lowest BCUT2D eigenvalue weighted by Gasteiger charge is -2.38. The summed E-state index contributed by atoms with van der Waals surface area (Å²) in [6.45, 7) is 0.379. The van der Waals surface area contributed by atoms with Gasteiger partial charge in [0, 0.05) is 47.2 Å². The fraction of sp³-hybridized carbons (Fsp3) is 0.344. The van der Waals surface area contributed by atoms with Gasteiger partial charge in [-0.1, -0.05) is 46.6 Å². The highest BCUT2D eigenvalue weighted by Gasteiger charge is 2.44. The predicted molar refractivity (Wildman–Crippen MR) is 159 cm³/mol. The lowest BCUT2D eigenvalue weighted by Crippen LogP contribution is -2.50. The second-order valence-corrected chi connectivity index (χ2v) is 12.0. The number of hydrogen-bond donors (Lipinski definition) is 1. The number of urea groups is 1. The normalized spacial score (nSPS) is 21.7. The van der Waals surface area contributed by atoms with Crippen molar-refractivity contribution in [3.63, 3.8) is 0 Å². The number of carbonyl (C=O) groups is 1. The van der Waals surface area contributed by atoms with E-state index in [9.17, 15) is 4.79 Å². The molecule has 7 nitrogen and oxygen atoms in total. The van der Waals surface area contributed by atoms with E-state index in [4.69, 9.17) is 32.5 Å². The van der Waals surface area contributed by atoms with Crippen molar-refractivity contribution in [2.75, 3.05) is 5.32 Å². The maximum atomic E-state index is 13.4. The zero-order valence-corrected chi connectivity index (χ0v) is 23.9. The third kappa shape index (κ3) is 5.34. The van der Waals surface area contributed by atoms with Gasteiger partial charge in [0.05, 0.1) is 22.8 Å². The second-order valence-electron chi connectivity index (χ2n) is 11.2. The van der Waals surface area contributed by atoms with E-state index in [-0.39, 0.29) is 24.2 Å². The molecule has 2 aliphatic heterocycles. The molecule has 1 N–H and O–H groups in total. The Balaban J connectivity index is 1.03. The first-order valence-corrected chi connectivity index (χ1v) is 14.9. The molecule has 2 unspecified atom stereocenters. The van der Waals surface area contributed by atoms with Crippen molar-refractivity contribution in [3.8, 4) is 22.4 Å². The maximum Gasteiger partial charge on any atom is 0.322 e. The van der Waals surface area contributed by atoms with E-state index in [0.29, 0.717) is 33.8 Å². The fourth-order valence-electron chi connectivity index (χ4n) is 6.35. The van der Waals surface area contributed by atoms with Gasteiger partial charge < -0.3 is 19.5 Å². The number of nitrogens with zero attached hydrogens (tertiary/aromatic N) is 3. The summed E-state index contributed by atoms with van der Waals surface area (Å²) in [5.41, 5.74) is 5.17. The first-order chi connectivity index (χ1) is 20.0. The van der Waals surface area contributed by atoms with Gasteiger partial charge in [0.1, 0.15) is 11.5 Å². The summed E-state index contributed by atoms with van der Waals surface area (Å²) in [6, 6.07) is 17.5. The molecular weight excluding hydrogens is 559 g/mol. The molecule has 2 bridgehead atoms. The number of fused-ring (bicyclic) bond motifs is 2. The van der Waals surface area contributed by atoms with Crippen molar-refractivity contribution < 1.29 is 14.1 Å². The molecule has 210 valence electrons. The Morgan fingerprint density at radius 3 is 2.37 bits per heavy atom. The number of nitrogens with one attached hydrogen (secondary N) is 1. The van der Waals surface area contributed by atoms with E-state index in [1.807, 2.05) is 59.5 Å². The van der Waals surface area contributed by atoms with Crippen molar-refractivity contribution in [2.24, 2.45) is 0 Å². The van der Waals surface area contributed by atoms with E-state index >= 15 is 0 Å². The summed E-state index contributed by atoms with van der Waals surface area (Å²) in [4.78, 5) is 19.6. The van der Waals surface area contributed by atoms with Gasteiger partial charge in [-0.25, -0.2) is 4.79 Å². The van der Waals surface area contributed by atoms with Gasteiger partial charge in [-0.15, -0.1) is 0 Å². The number of halogens is 2. The van der Waals surface area contributed by atoms with Gasteiger partial charge in [-0.3, -0.25) is 4.98 Å². The molecule has 0 radical (unpaired) electrons. The number of aromatic nitrogens is 2. The van der Waals surface area contributed by atoms with Crippen LogP contribution in [0.15, 0.2) is 71.5 Å². The van der Waals surface area contributed by atoms with E-state index in [1.54, 1.807) is 12.4 Å². The van der Waals surface area contributed by atoms with Crippen LogP contribution < -0.4 is 5.32 Å². The monoisotopic (exact) mass is 588 g/mol. The SMILES string of the molecule is O=C(Nc1cccc(-c2ccncc2)c1)N1C2CCC1CC(OCc1c(-c3c(Cl)cccc3Cl)noc1C1CC1)C2. The molecule has 1 aliphatic carbocycles. The molecule has 2 atom stereocenters. The quantitative estimate of drug-likeness (QED) is 0.234. The summed E-state index contributed by atoms with van der Waals surface area (Å²) < 4.78 is 12.3. The number of ether oxygens (including phenoxy) is 1. The highest BCUT2D eigenvalue weighted by molar-refractivity contribution is 6.39.